The number of ether oxygens (including phenoxy) is 1. The molecule has 2 aromatic carbocycles. The second-order valence-corrected chi connectivity index (χ2v) is 11.5. The van der Waals surface area contributed by atoms with Crippen molar-refractivity contribution in [3.05, 3.63) is 71.4 Å². The summed E-state index contributed by atoms with van der Waals surface area (Å²) in [5.74, 6) is 2.50. The fourth-order valence-corrected chi connectivity index (χ4v) is 8.00. The molecule has 5 heterocycles. The number of hydrogen-bond acceptors (Lipinski definition) is 3. The van der Waals surface area contributed by atoms with E-state index in [1.807, 2.05) is 12.1 Å². The van der Waals surface area contributed by atoms with Crippen LogP contribution in [0.1, 0.15) is 49.7 Å². The maximum atomic E-state index is 13.9. The molecule has 3 aromatic rings. The van der Waals surface area contributed by atoms with E-state index < -0.39 is 0 Å². The molecule has 0 bridgehead atoms. The van der Waals surface area contributed by atoms with E-state index in [9.17, 15) is 4.79 Å². The first kappa shape index (κ1) is 23.1. The fourth-order valence-electron chi connectivity index (χ4n) is 8.00. The van der Waals surface area contributed by atoms with Gasteiger partial charge in [-0.15, -0.1) is 0 Å². The van der Waals surface area contributed by atoms with E-state index >= 15 is 0 Å². The van der Waals surface area contributed by atoms with E-state index in [0.717, 1.165) is 48.9 Å². The summed E-state index contributed by atoms with van der Waals surface area (Å²) in [5, 5.41) is 1.21. The molecular weight excluding hydrogens is 458 g/mol. The molecule has 192 valence electrons. The molecule has 0 aliphatic carbocycles. The molecule has 0 spiro atoms. The number of benzene rings is 2. The Balaban J connectivity index is 1.19. The van der Waals surface area contributed by atoms with Crippen LogP contribution in [0.3, 0.4) is 0 Å². The summed E-state index contributed by atoms with van der Waals surface area (Å²) in [6.07, 6.45) is 11.6. The summed E-state index contributed by atoms with van der Waals surface area (Å²) in [6, 6.07) is 18.0. The Hall–Kier alpha value is -3.05. The molecule has 0 saturated carbocycles. The second-order valence-electron chi connectivity index (χ2n) is 11.5. The molecule has 5 heteroatoms. The van der Waals surface area contributed by atoms with Gasteiger partial charge in [0.15, 0.2) is 0 Å². The highest BCUT2D eigenvalue weighted by atomic mass is 16.5. The van der Waals surface area contributed by atoms with Crippen molar-refractivity contribution in [2.45, 2.75) is 57.2 Å². The van der Waals surface area contributed by atoms with Gasteiger partial charge < -0.3 is 14.2 Å². The number of piperidine rings is 4. The number of para-hydroxylation sites is 1. The van der Waals surface area contributed by atoms with Gasteiger partial charge in [-0.2, -0.15) is 0 Å². The number of rotatable bonds is 4. The van der Waals surface area contributed by atoms with Crippen molar-refractivity contribution in [2.75, 3.05) is 26.7 Å². The molecule has 4 aliphatic heterocycles. The molecule has 4 fully saturated rings. The predicted molar refractivity (Wildman–Crippen MR) is 148 cm³/mol. The maximum absolute atomic E-state index is 13.9. The van der Waals surface area contributed by atoms with Crippen LogP contribution in [0.5, 0.6) is 5.75 Å². The number of hydrogen-bond donors (Lipinski definition) is 0. The maximum Gasteiger partial charge on any atom is 0.250 e. The third kappa shape index (κ3) is 3.99. The van der Waals surface area contributed by atoms with Gasteiger partial charge in [-0.3, -0.25) is 9.69 Å². The molecule has 4 saturated heterocycles. The highest BCUT2D eigenvalue weighted by Crippen LogP contribution is 2.45. The van der Waals surface area contributed by atoms with Crippen LogP contribution in [0, 0.1) is 11.8 Å². The average Bonchev–Trinajstić information content (AvgIpc) is 3.28. The van der Waals surface area contributed by atoms with Crippen LogP contribution in [0.2, 0.25) is 0 Å². The normalized spacial score (nSPS) is 28.8. The quantitative estimate of drug-likeness (QED) is 0.444. The second kappa shape index (κ2) is 9.36. The van der Waals surface area contributed by atoms with Crippen molar-refractivity contribution in [3.63, 3.8) is 0 Å². The van der Waals surface area contributed by atoms with Crippen molar-refractivity contribution < 1.29 is 9.53 Å². The summed E-state index contributed by atoms with van der Waals surface area (Å²) in [5.41, 5.74) is 4.54. The lowest BCUT2D eigenvalue weighted by atomic mass is 9.67. The third-order valence-electron chi connectivity index (χ3n) is 9.55. The summed E-state index contributed by atoms with van der Waals surface area (Å²) in [4.78, 5) is 19.0. The Bertz CT molecular complexity index is 1360. The Morgan fingerprint density at radius 2 is 1.89 bits per heavy atom. The molecular formula is C32H37N3O2. The van der Waals surface area contributed by atoms with Crippen LogP contribution in [-0.4, -0.2) is 59.1 Å². The standard InChI is InChI=1S/C32H37N3O2/c1-37-26-9-4-7-22(17-26)19-34-20-25(27-10-2-3-12-29(27)34)18-23-13-14-30-28-11-6-16-33-15-5-8-24(31(28)33)21-35(30)32(23)36/h2-4,7,9-10,12,17-18,20,24,28,30-31H,5-6,8,11,13-16,19,21H2,1H3/b23-18+/t24-,28-,30-,31+/m1/s1. The van der Waals surface area contributed by atoms with Gasteiger partial charge in [0.1, 0.15) is 5.75 Å². The van der Waals surface area contributed by atoms with E-state index in [-0.39, 0.29) is 0 Å². The van der Waals surface area contributed by atoms with Crippen LogP contribution < -0.4 is 4.74 Å². The van der Waals surface area contributed by atoms with Crippen molar-refractivity contribution in [2.24, 2.45) is 11.8 Å². The molecule has 0 radical (unpaired) electrons. The van der Waals surface area contributed by atoms with Crippen molar-refractivity contribution in [1.82, 2.24) is 14.4 Å². The lowest BCUT2D eigenvalue weighted by molar-refractivity contribution is -0.145. The first-order valence-corrected chi connectivity index (χ1v) is 14.2. The van der Waals surface area contributed by atoms with E-state index in [0.29, 0.717) is 23.8 Å². The topological polar surface area (TPSA) is 37.7 Å². The van der Waals surface area contributed by atoms with Crippen LogP contribution in [-0.2, 0) is 11.3 Å². The van der Waals surface area contributed by atoms with Crippen molar-refractivity contribution in [1.29, 1.82) is 0 Å². The minimum absolute atomic E-state index is 0.294. The van der Waals surface area contributed by atoms with Crippen molar-refractivity contribution >= 4 is 22.9 Å². The van der Waals surface area contributed by atoms with Gasteiger partial charge in [0.05, 0.1) is 7.11 Å². The molecule has 7 rings (SSSR count). The summed E-state index contributed by atoms with van der Waals surface area (Å²) >= 11 is 0. The number of aromatic nitrogens is 1. The Labute approximate surface area is 219 Å². The average molecular weight is 496 g/mol. The SMILES string of the molecule is COc1cccc(Cn2cc(/C=C3\CC[C@@H]4[C@H]5CCCN6CCC[C@H](CN4C3=O)[C@@H]56)c3ccccc32)c1. The zero-order valence-corrected chi connectivity index (χ0v) is 21.8. The fraction of sp³-hybridized carbons (Fsp3) is 0.469. The number of carbonyl (C=O) groups is 1. The summed E-state index contributed by atoms with van der Waals surface area (Å²) < 4.78 is 7.74. The Morgan fingerprint density at radius 3 is 2.78 bits per heavy atom. The van der Waals surface area contributed by atoms with Gasteiger partial charge >= 0.3 is 0 Å². The monoisotopic (exact) mass is 495 g/mol. The molecule has 0 N–H and O–H groups in total. The van der Waals surface area contributed by atoms with Crippen molar-refractivity contribution in [3.8, 4) is 5.75 Å². The van der Waals surface area contributed by atoms with Gasteiger partial charge in [0.2, 0.25) is 5.91 Å². The highest BCUT2D eigenvalue weighted by Gasteiger charge is 2.51. The molecule has 4 aliphatic rings. The number of nitrogens with zero attached hydrogens (tertiary/aromatic N) is 3. The van der Waals surface area contributed by atoms with Gasteiger partial charge in [0, 0.05) is 53.4 Å². The number of amides is 1. The minimum atomic E-state index is 0.294. The van der Waals surface area contributed by atoms with E-state index in [4.69, 9.17) is 4.74 Å². The van der Waals surface area contributed by atoms with Gasteiger partial charge in [0.25, 0.3) is 0 Å². The van der Waals surface area contributed by atoms with E-state index in [2.05, 4.69) is 63.0 Å². The Kier molecular flexibility index (Phi) is 5.84. The molecule has 0 unspecified atom stereocenters. The largest absolute Gasteiger partial charge is 0.497 e. The van der Waals surface area contributed by atoms with Crippen LogP contribution in [0.25, 0.3) is 17.0 Å². The number of fused-ring (bicyclic) bond motifs is 3. The molecule has 1 aromatic heterocycles. The molecule has 1 amide bonds. The smallest absolute Gasteiger partial charge is 0.250 e. The van der Waals surface area contributed by atoms with Crippen LogP contribution in [0.15, 0.2) is 60.3 Å². The van der Waals surface area contributed by atoms with E-state index in [1.165, 1.54) is 55.2 Å². The van der Waals surface area contributed by atoms with Crippen LogP contribution >= 0.6 is 0 Å². The minimum Gasteiger partial charge on any atom is -0.497 e. The number of carbonyl (C=O) groups excluding carboxylic acids is 1. The zero-order valence-electron chi connectivity index (χ0n) is 21.8. The molecule has 5 nitrogen and oxygen atoms in total. The Morgan fingerprint density at radius 1 is 1.03 bits per heavy atom. The van der Waals surface area contributed by atoms with Crippen LogP contribution in [0.4, 0.5) is 0 Å². The number of methoxy groups -OCH3 is 1. The summed E-state index contributed by atoms with van der Waals surface area (Å²) in [7, 11) is 1.71. The van der Waals surface area contributed by atoms with E-state index in [1.54, 1.807) is 7.11 Å². The summed E-state index contributed by atoms with van der Waals surface area (Å²) in [6.45, 7) is 4.26. The zero-order chi connectivity index (χ0) is 24.9. The highest BCUT2D eigenvalue weighted by molar-refractivity contribution is 6.01. The van der Waals surface area contributed by atoms with Gasteiger partial charge in [-0.25, -0.2) is 0 Å². The first-order valence-electron chi connectivity index (χ1n) is 14.2. The van der Waals surface area contributed by atoms with Gasteiger partial charge in [-0.05, 0) is 93.3 Å². The third-order valence-corrected chi connectivity index (χ3v) is 9.55. The lowest BCUT2D eigenvalue weighted by Crippen LogP contribution is -2.66. The first-order chi connectivity index (χ1) is 18.2. The predicted octanol–water partition coefficient (Wildman–Crippen LogP) is 5.58. The lowest BCUT2D eigenvalue weighted by Gasteiger charge is -2.58. The molecule has 37 heavy (non-hydrogen) atoms. The van der Waals surface area contributed by atoms with Gasteiger partial charge in [-0.1, -0.05) is 30.3 Å². The molecule has 4 atom stereocenters.